The maximum atomic E-state index is 10.7. The summed E-state index contributed by atoms with van der Waals surface area (Å²) in [5.41, 5.74) is 5.90. The van der Waals surface area contributed by atoms with Crippen molar-refractivity contribution in [2.24, 2.45) is 16.6 Å². The van der Waals surface area contributed by atoms with E-state index in [4.69, 9.17) is 10.8 Å². The molecule has 0 amide bonds. The van der Waals surface area contributed by atoms with E-state index in [1.165, 1.54) is 0 Å². The van der Waals surface area contributed by atoms with Crippen LogP contribution < -0.4 is 5.73 Å². The summed E-state index contributed by atoms with van der Waals surface area (Å²) in [6.07, 6.45) is 4.34. The number of hydrogen-bond acceptors (Lipinski definition) is 2. The Morgan fingerprint density at radius 2 is 1.92 bits per heavy atom. The number of hydrogen-bond donors (Lipinski definition) is 2. The predicted molar refractivity (Wildman–Crippen MR) is 44.6 cm³/mol. The van der Waals surface area contributed by atoms with Gasteiger partial charge in [-0.05, 0) is 31.1 Å². The minimum atomic E-state index is -0.833. The van der Waals surface area contributed by atoms with Crippen molar-refractivity contribution >= 4 is 5.97 Å². The van der Waals surface area contributed by atoms with Gasteiger partial charge in [-0.25, -0.2) is 0 Å². The Labute approximate surface area is 71.9 Å². The second-order valence-electron chi connectivity index (χ2n) is 4.53. The molecule has 2 saturated carbocycles. The molecule has 2 aliphatic carbocycles. The van der Waals surface area contributed by atoms with Gasteiger partial charge in [0.05, 0.1) is 0 Å². The molecular formula is C9H15NO2. The SMILES string of the molecule is CC1(C2(C(N)C(=O)O)CC2)CC1. The van der Waals surface area contributed by atoms with Crippen LogP contribution in [0.15, 0.2) is 0 Å². The van der Waals surface area contributed by atoms with E-state index in [1.54, 1.807) is 0 Å². The Morgan fingerprint density at radius 3 is 2.17 bits per heavy atom. The van der Waals surface area contributed by atoms with Gasteiger partial charge in [-0.2, -0.15) is 0 Å². The zero-order valence-corrected chi connectivity index (χ0v) is 7.34. The minimum Gasteiger partial charge on any atom is -0.480 e. The first-order valence-electron chi connectivity index (χ1n) is 4.50. The van der Waals surface area contributed by atoms with Gasteiger partial charge in [-0.3, -0.25) is 4.79 Å². The quantitative estimate of drug-likeness (QED) is 0.662. The standard InChI is InChI=1S/C9H15NO2/c1-8(2-3-8)9(4-5-9)6(10)7(11)12/h6H,2-5,10H2,1H3,(H,11,12). The van der Waals surface area contributed by atoms with Crippen LogP contribution in [0.2, 0.25) is 0 Å². The van der Waals surface area contributed by atoms with Crippen LogP contribution in [-0.4, -0.2) is 17.1 Å². The van der Waals surface area contributed by atoms with Gasteiger partial charge in [-0.1, -0.05) is 6.92 Å². The molecule has 0 heterocycles. The lowest BCUT2D eigenvalue weighted by Crippen LogP contribution is -2.43. The summed E-state index contributed by atoms with van der Waals surface area (Å²) in [5.74, 6) is -0.833. The molecule has 0 radical (unpaired) electrons. The summed E-state index contributed by atoms with van der Waals surface area (Å²) in [5, 5.41) is 8.82. The molecule has 0 aromatic rings. The summed E-state index contributed by atoms with van der Waals surface area (Å²) in [4.78, 5) is 10.7. The summed E-state index contributed by atoms with van der Waals surface area (Å²) < 4.78 is 0. The number of rotatable bonds is 3. The molecule has 0 aliphatic heterocycles. The van der Waals surface area contributed by atoms with Gasteiger partial charge in [-0.15, -0.1) is 0 Å². The Morgan fingerprint density at radius 1 is 1.42 bits per heavy atom. The lowest BCUT2D eigenvalue weighted by atomic mass is 9.81. The van der Waals surface area contributed by atoms with Gasteiger partial charge in [0.2, 0.25) is 0 Å². The smallest absolute Gasteiger partial charge is 0.321 e. The molecule has 68 valence electrons. The van der Waals surface area contributed by atoms with E-state index < -0.39 is 12.0 Å². The summed E-state index contributed by atoms with van der Waals surface area (Å²) in [6, 6.07) is -0.634. The molecule has 1 unspecified atom stereocenters. The number of aliphatic carboxylic acids is 1. The highest BCUT2D eigenvalue weighted by atomic mass is 16.4. The molecule has 2 rings (SSSR count). The molecule has 0 aromatic carbocycles. The molecule has 3 nitrogen and oxygen atoms in total. The van der Waals surface area contributed by atoms with E-state index in [1.807, 2.05) is 0 Å². The predicted octanol–water partition coefficient (Wildman–Crippen LogP) is 0.979. The lowest BCUT2D eigenvalue weighted by molar-refractivity contribution is -0.141. The van der Waals surface area contributed by atoms with E-state index in [0.29, 0.717) is 0 Å². The third kappa shape index (κ3) is 0.829. The molecule has 2 aliphatic rings. The number of carboxylic acid groups (broad SMARTS) is 1. The topological polar surface area (TPSA) is 63.3 Å². The van der Waals surface area contributed by atoms with E-state index >= 15 is 0 Å². The molecular weight excluding hydrogens is 154 g/mol. The van der Waals surface area contributed by atoms with E-state index in [9.17, 15) is 4.79 Å². The minimum absolute atomic E-state index is 0.0428. The van der Waals surface area contributed by atoms with Crippen molar-refractivity contribution in [3.63, 3.8) is 0 Å². The molecule has 2 fully saturated rings. The van der Waals surface area contributed by atoms with Crippen LogP contribution in [0.3, 0.4) is 0 Å². The molecule has 0 spiro atoms. The van der Waals surface area contributed by atoms with Crippen molar-refractivity contribution < 1.29 is 9.90 Å². The van der Waals surface area contributed by atoms with Crippen LogP contribution in [0.4, 0.5) is 0 Å². The van der Waals surface area contributed by atoms with Gasteiger partial charge in [0.1, 0.15) is 6.04 Å². The van der Waals surface area contributed by atoms with Crippen molar-refractivity contribution in [2.75, 3.05) is 0 Å². The summed E-state index contributed by atoms with van der Waals surface area (Å²) in [6.45, 7) is 2.17. The van der Waals surface area contributed by atoms with Crippen molar-refractivity contribution in [2.45, 2.75) is 38.6 Å². The van der Waals surface area contributed by atoms with Crippen LogP contribution in [0.25, 0.3) is 0 Å². The van der Waals surface area contributed by atoms with Crippen molar-refractivity contribution in [3.05, 3.63) is 0 Å². The maximum absolute atomic E-state index is 10.7. The highest BCUT2D eigenvalue weighted by Crippen LogP contribution is 2.71. The zero-order valence-electron chi connectivity index (χ0n) is 7.34. The Kier molecular flexibility index (Phi) is 1.35. The summed E-state index contributed by atoms with van der Waals surface area (Å²) in [7, 11) is 0. The normalized spacial score (nSPS) is 30.8. The monoisotopic (exact) mass is 169 g/mol. The van der Waals surface area contributed by atoms with Crippen molar-refractivity contribution in [3.8, 4) is 0 Å². The number of nitrogens with two attached hydrogens (primary N) is 1. The molecule has 0 saturated heterocycles. The first-order chi connectivity index (χ1) is 5.52. The largest absolute Gasteiger partial charge is 0.480 e. The Hall–Kier alpha value is -0.570. The zero-order chi connectivity index (χ0) is 8.98. The fourth-order valence-corrected chi connectivity index (χ4v) is 2.35. The van der Waals surface area contributed by atoms with Crippen molar-refractivity contribution in [1.82, 2.24) is 0 Å². The van der Waals surface area contributed by atoms with E-state index in [-0.39, 0.29) is 10.8 Å². The molecule has 0 bridgehead atoms. The lowest BCUT2D eigenvalue weighted by Gasteiger charge is -2.26. The second kappa shape index (κ2) is 2.02. The average molecular weight is 169 g/mol. The average Bonchev–Trinajstić information content (AvgIpc) is 2.80. The summed E-state index contributed by atoms with van der Waals surface area (Å²) >= 11 is 0. The van der Waals surface area contributed by atoms with Crippen LogP contribution in [-0.2, 0) is 4.79 Å². The van der Waals surface area contributed by atoms with Crippen LogP contribution in [0.1, 0.15) is 32.6 Å². The third-order valence-corrected chi connectivity index (χ3v) is 3.85. The molecule has 12 heavy (non-hydrogen) atoms. The second-order valence-corrected chi connectivity index (χ2v) is 4.53. The van der Waals surface area contributed by atoms with Gasteiger partial charge < -0.3 is 10.8 Å². The molecule has 3 heteroatoms. The Balaban J connectivity index is 2.16. The Bertz CT molecular complexity index is 229. The van der Waals surface area contributed by atoms with E-state index in [0.717, 1.165) is 25.7 Å². The van der Waals surface area contributed by atoms with Gasteiger partial charge in [0.25, 0.3) is 0 Å². The highest BCUT2D eigenvalue weighted by molar-refractivity contribution is 5.75. The molecule has 1 atom stereocenters. The highest BCUT2D eigenvalue weighted by Gasteiger charge is 2.66. The van der Waals surface area contributed by atoms with E-state index in [2.05, 4.69) is 6.92 Å². The van der Waals surface area contributed by atoms with Crippen LogP contribution >= 0.6 is 0 Å². The third-order valence-electron chi connectivity index (χ3n) is 3.85. The number of carbonyl (C=O) groups is 1. The fraction of sp³-hybridized carbons (Fsp3) is 0.889. The first kappa shape index (κ1) is 8.05. The number of carboxylic acids is 1. The fourth-order valence-electron chi connectivity index (χ4n) is 2.35. The molecule has 0 aromatic heterocycles. The first-order valence-corrected chi connectivity index (χ1v) is 4.50. The van der Waals surface area contributed by atoms with Gasteiger partial charge in [0, 0.05) is 5.41 Å². The molecule has 3 N–H and O–H groups in total. The van der Waals surface area contributed by atoms with Gasteiger partial charge >= 0.3 is 5.97 Å². The van der Waals surface area contributed by atoms with Gasteiger partial charge in [0.15, 0.2) is 0 Å². The van der Waals surface area contributed by atoms with Crippen molar-refractivity contribution in [1.29, 1.82) is 0 Å². The van der Waals surface area contributed by atoms with Crippen LogP contribution in [0.5, 0.6) is 0 Å². The van der Waals surface area contributed by atoms with Crippen LogP contribution in [0, 0.1) is 10.8 Å². The maximum Gasteiger partial charge on any atom is 0.321 e.